The van der Waals surface area contributed by atoms with Crippen molar-refractivity contribution in [2.45, 2.75) is 42.4 Å². The second-order valence-corrected chi connectivity index (χ2v) is 9.12. The molecule has 2 fully saturated rings. The predicted octanol–water partition coefficient (Wildman–Crippen LogP) is 2.91. The number of benzene rings is 1. The van der Waals surface area contributed by atoms with Gasteiger partial charge in [0.1, 0.15) is 11.9 Å². The zero-order chi connectivity index (χ0) is 20.2. The van der Waals surface area contributed by atoms with E-state index in [4.69, 9.17) is 4.74 Å². The number of hydrogen-bond donors (Lipinski definition) is 1. The van der Waals surface area contributed by atoms with E-state index >= 15 is 0 Å². The Morgan fingerprint density at radius 1 is 1.21 bits per heavy atom. The molecule has 150 valence electrons. The lowest BCUT2D eigenvalue weighted by Gasteiger charge is -2.21. The van der Waals surface area contributed by atoms with E-state index in [2.05, 4.69) is 10.3 Å². The molecular formula is C19H18N4O5S. The lowest BCUT2D eigenvalue weighted by Crippen LogP contribution is -2.30. The first-order valence-electron chi connectivity index (χ1n) is 9.32. The molecule has 0 amide bonds. The molecular weight excluding hydrogens is 396 g/mol. The number of ether oxygens (including phenoxy) is 1. The van der Waals surface area contributed by atoms with Gasteiger partial charge in [0.15, 0.2) is 5.65 Å². The smallest absolute Gasteiger partial charge is 0.311 e. The number of pyridine rings is 1. The summed E-state index contributed by atoms with van der Waals surface area (Å²) in [4.78, 5) is 15.3. The summed E-state index contributed by atoms with van der Waals surface area (Å²) in [6, 6.07) is 9.50. The van der Waals surface area contributed by atoms with Crippen molar-refractivity contribution >= 4 is 32.4 Å². The summed E-state index contributed by atoms with van der Waals surface area (Å²) in [5.41, 5.74) is 0.240. The van der Waals surface area contributed by atoms with Crippen LogP contribution in [0.25, 0.3) is 11.0 Å². The highest BCUT2D eigenvalue weighted by atomic mass is 32.2. The van der Waals surface area contributed by atoms with Crippen LogP contribution in [0.4, 0.5) is 11.4 Å². The molecule has 1 aromatic carbocycles. The molecule has 3 atom stereocenters. The Morgan fingerprint density at radius 2 is 2.00 bits per heavy atom. The zero-order valence-electron chi connectivity index (χ0n) is 15.3. The van der Waals surface area contributed by atoms with Gasteiger partial charge in [-0.3, -0.25) is 10.1 Å². The van der Waals surface area contributed by atoms with Crippen molar-refractivity contribution in [3.05, 3.63) is 58.9 Å². The number of nitrogens with zero attached hydrogens (tertiary/aromatic N) is 3. The third-order valence-electron chi connectivity index (χ3n) is 5.59. The minimum atomic E-state index is -3.88. The Hall–Kier alpha value is -2.98. The molecule has 2 saturated heterocycles. The van der Waals surface area contributed by atoms with E-state index in [-0.39, 0.29) is 40.2 Å². The molecule has 3 unspecified atom stereocenters. The third kappa shape index (κ3) is 2.87. The van der Waals surface area contributed by atoms with Crippen LogP contribution in [0.15, 0.2) is 53.7 Å². The molecule has 9 nitrogen and oxygen atoms in total. The Bertz CT molecular complexity index is 1210. The maximum Gasteiger partial charge on any atom is 0.311 e. The van der Waals surface area contributed by atoms with Gasteiger partial charge < -0.3 is 10.1 Å². The number of aromatic nitrogens is 2. The van der Waals surface area contributed by atoms with Crippen LogP contribution in [0.5, 0.6) is 0 Å². The van der Waals surface area contributed by atoms with Crippen LogP contribution >= 0.6 is 0 Å². The average molecular weight is 414 g/mol. The first kappa shape index (κ1) is 18.1. The first-order valence-corrected chi connectivity index (χ1v) is 10.8. The van der Waals surface area contributed by atoms with Crippen molar-refractivity contribution in [3.63, 3.8) is 0 Å². The van der Waals surface area contributed by atoms with E-state index < -0.39 is 14.9 Å². The fourth-order valence-electron chi connectivity index (χ4n) is 4.22. The Morgan fingerprint density at radius 3 is 2.66 bits per heavy atom. The number of hydrogen-bond acceptors (Lipinski definition) is 7. The van der Waals surface area contributed by atoms with Gasteiger partial charge in [-0.05, 0) is 37.5 Å². The number of fused-ring (bicyclic) bond motifs is 3. The highest BCUT2D eigenvalue weighted by Gasteiger charge is 2.41. The summed E-state index contributed by atoms with van der Waals surface area (Å²) in [5, 5.41) is 15.2. The predicted molar refractivity (Wildman–Crippen MR) is 105 cm³/mol. The van der Waals surface area contributed by atoms with Crippen molar-refractivity contribution in [1.82, 2.24) is 8.96 Å². The van der Waals surface area contributed by atoms with Crippen molar-refractivity contribution in [1.29, 1.82) is 0 Å². The summed E-state index contributed by atoms with van der Waals surface area (Å²) < 4.78 is 33.0. The number of nitrogens with one attached hydrogen (secondary N) is 1. The number of anilines is 1. The molecule has 29 heavy (non-hydrogen) atoms. The molecule has 5 rings (SSSR count). The van der Waals surface area contributed by atoms with Crippen LogP contribution in [0.2, 0.25) is 0 Å². The monoisotopic (exact) mass is 414 g/mol. The fourth-order valence-corrected chi connectivity index (χ4v) is 5.54. The van der Waals surface area contributed by atoms with Gasteiger partial charge in [0.25, 0.3) is 10.0 Å². The van der Waals surface area contributed by atoms with Crippen LogP contribution in [-0.4, -0.2) is 40.5 Å². The number of nitro groups is 1. The van der Waals surface area contributed by atoms with Crippen LogP contribution in [-0.2, 0) is 14.8 Å². The lowest BCUT2D eigenvalue weighted by atomic mass is 9.95. The van der Waals surface area contributed by atoms with E-state index in [1.54, 1.807) is 24.3 Å². The number of rotatable bonds is 5. The van der Waals surface area contributed by atoms with Gasteiger partial charge in [-0.15, -0.1) is 0 Å². The Kier molecular flexibility index (Phi) is 4.07. The van der Waals surface area contributed by atoms with E-state index in [0.717, 1.165) is 29.4 Å². The molecule has 4 heterocycles. The van der Waals surface area contributed by atoms with Crippen LogP contribution in [0, 0.1) is 10.1 Å². The summed E-state index contributed by atoms with van der Waals surface area (Å²) in [5.74, 6) is 0. The van der Waals surface area contributed by atoms with Crippen LogP contribution < -0.4 is 5.32 Å². The van der Waals surface area contributed by atoms with Crippen molar-refractivity contribution in [2.24, 2.45) is 0 Å². The molecule has 2 aliphatic heterocycles. The third-order valence-corrected chi connectivity index (χ3v) is 7.27. The van der Waals surface area contributed by atoms with Crippen molar-refractivity contribution in [3.8, 4) is 0 Å². The summed E-state index contributed by atoms with van der Waals surface area (Å²) >= 11 is 0. The molecule has 0 saturated carbocycles. The molecule has 2 aromatic heterocycles. The van der Waals surface area contributed by atoms with Crippen molar-refractivity contribution < 1.29 is 18.1 Å². The maximum absolute atomic E-state index is 13.0. The molecule has 2 aliphatic rings. The van der Waals surface area contributed by atoms with E-state index in [0.29, 0.717) is 5.39 Å². The second-order valence-electron chi connectivity index (χ2n) is 7.30. The minimum Gasteiger partial charge on any atom is -0.373 e. The van der Waals surface area contributed by atoms with E-state index in [1.165, 1.54) is 18.3 Å². The van der Waals surface area contributed by atoms with E-state index in [1.807, 2.05) is 0 Å². The first-order chi connectivity index (χ1) is 13.9. The SMILES string of the molecule is O=[N+]([O-])c1cnc2c(ccn2S(=O)(=O)c2ccccc2)c1NC1CC2CCC1O2. The van der Waals surface area contributed by atoms with Gasteiger partial charge in [0.2, 0.25) is 0 Å². The van der Waals surface area contributed by atoms with Gasteiger partial charge in [-0.25, -0.2) is 17.4 Å². The van der Waals surface area contributed by atoms with Gasteiger partial charge in [-0.2, -0.15) is 0 Å². The van der Waals surface area contributed by atoms with Crippen LogP contribution in [0.1, 0.15) is 19.3 Å². The van der Waals surface area contributed by atoms with Gasteiger partial charge in [0, 0.05) is 6.20 Å². The molecule has 2 bridgehead atoms. The van der Waals surface area contributed by atoms with E-state index in [9.17, 15) is 18.5 Å². The van der Waals surface area contributed by atoms with Gasteiger partial charge >= 0.3 is 5.69 Å². The largest absolute Gasteiger partial charge is 0.373 e. The quantitative estimate of drug-likeness (QED) is 0.504. The molecule has 0 radical (unpaired) electrons. The highest BCUT2D eigenvalue weighted by Crippen LogP contribution is 2.40. The normalized spacial score (nSPS) is 23.5. The maximum atomic E-state index is 13.0. The Balaban J connectivity index is 1.62. The summed E-state index contributed by atoms with van der Waals surface area (Å²) in [6.45, 7) is 0. The topological polar surface area (TPSA) is 116 Å². The molecule has 1 N–H and O–H groups in total. The van der Waals surface area contributed by atoms with Gasteiger partial charge in [-0.1, -0.05) is 18.2 Å². The standard InChI is InChI=1S/C19H18N4O5S/c24-23(25)16-11-20-19-14(18(16)21-15-10-12-6-7-17(15)28-12)8-9-22(19)29(26,27)13-4-2-1-3-5-13/h1-5,8-9,11-12,15,17H,6-7,10H2,(H,20,21). The Labute approximate surface area is 166 Å². The zero-order valence-corrected chi connectivity index (χ0v) is 16.1. The molecule has 3 aromatic rings. The summed E-state index contributed by atoms with van der Waals surface area (Å²) in [7, 11) is -3.88. The lowest BCUT2D eigenvalue weighted by molar-refractivity contribution is -0.384. The fraction of sp³-hybridized carbons (Fsp3) is 0.316. The van der Waals surface area contributed by atoms with Gasteiger partial charge in [0.05, 0.1) is 33.5 Å². The molecule has 0 spiro atoms. The minimum absolute atomic E-state index is 0.0120. The average Bonchev–Trinajstić information content (AvgIpc) is 3.44. The highest BCUT2D eigenvalue weighted by molar-refractivity contribution is 7.90. The summed E-state index contributed by atoms with van der Waals surface area (Å²) in [6.07, 6.45) is 5.36. The van der Waals surface area contributed by atoms with Crippen molar-refractivity contribution in [2.75, 3.05) is 5.32 Å². The molecule has 0 aliphatic carbocycles. The molecule has 10 heteroatoms. The van der Waals surface area contributed by atoms with Crippen LogP contribution in [0.3, 0.4) is 0 Å². The second kappa shape index (κ2) is 6.53.